The van der Waals surface area contributed by atoms with E-state index in [0.29, 0.717) is 5.56 Å². The van der Waals surface area contributed by atoms with Crippen LogP contribution >= 0.6 is 0 Å². The van der Waals surface area contributed by atoms with E-state index < -0.39 is 0 Å². The third kappa shape index (κ3) is 2.68. The van der Waals surface area contributed by atoms with E-state index in [9.17, 15) is 9.18 Å². The zero-order chi connectivity index (χ0) is 14.8. The second kappa shape index (κ2) is 5.44. The Labute approximate surface area is 122 Å². The van der Waals surface area contributed by atoms with Crippen molar-refractivity contribution in [2.24, 2.45) is 0 Å². The van der Waals surface area contributed by atoms with Crippen LogP contribution in [0.2, 0.25) is 0 Å². The molecule has 0 atom stereocenters. The van der Waals surface area contributed by atoms with Gasteiger partial charge in [-0.3, -0.25) is 9.78 Å². The minimum Gasteiger partial charge on any atom is -0.294 e. The van der Waals surface area contributed by atoms with Crippen LogP contribution in [0.4, 0.5) is 4.39 Å². The number of benzene rings is 2. The maximum atomic E-state index is 13.3. The number of rotatable bonds is 3. The molecule has 0 aliphatic carbocycles. The molecule has 0 saturated carbocycles. The highest BCUT2D eigenvalue weighted by molar-refractivity contribution is 6.08. The van der Waals surface area contributed by atoms with Gasteiger partial charge in [-0.25, -0.2) is 4.39 Å². The lowest BCUT2D eigenvalue weighted by atomic mass is 9.97. The van der Waals surface area contributed by atoms with E-state index in [1.165, 1.54) is 12.1 Å². The van der Waals surface area contributed by atoms with Gasteiger partial charge in [0.15, 0.2) is 5.78 Å². The number of aryl methyl sites for hydroxylation is 1. The predicted molar refractivity (Wildman–Crippen MR) is 80.9 cm³/mol. The highest BCUT2D eigenvalue weighted by Crippen LogP contribution is 2.20. The molecule has 1 aromatic heterocycles. The maximum Gasteiger partial charge on any atom is 0.167 e. The molecule has 0 fully saturated rings. The lowest BCUT2D eigenvalue weighted by Crippen LogP contribution is -2.06. The Bertz CT molecular complexity index is 821. The van der Waals surface area contributed by atoms with Crippen molar-refractivity contribution < 1.29 is 9.18 Å². The summed E-state index contributed by atoms with van der Waals surface area (Å²) in [6, 6.07) is 13.7. The molecule has 0 unspecified atom stereocenters. The summed E-state index contributed by atoms with van der Waals surface area (Å²) in [4.78, 5) is 16.8. The maximum absolute atomic E-state index is 13.3. The number of halogens is 1. The summed E-state index contributed by atoms with van der Waals surface area (Å²) in [5.41, 5.74) is 3.06. The Hall–Kier alpha value is -2.55. The molecule has 0 aliphatic heterocycles. The molecule has 0 radical (unpaired) electrons. The van der Waals surface area contributed by atoms with E-state index in [2.05, 4.69) is 4.98 Å². The molecule has 0 N–H and O–H groups in total. The number of hydrogen-bond donors (Lipinski definition) is 0. The minimum absolute atomic E-state index is 0.0256. The standard InChI is InChI=1S/C18H14FNO/c1-12-7-8-14(19)10-13(12)11-18(21)16-4-2-6-17-15(16)5-3-9-20-17/h2-10H,11H2,1H3. The SMILES string of the molecule is Cc1ccc(F)cc1CC(=O)c1cccc2ncccc12. The van der Waals surface area contributed by atoms with Crippen LogP contribution in [-0.4, -0.2) is 10.8 Å². The van der Waals surface area contributed by atoms with Gasteiger partial charge in [0, 0.05) is 23.6 Å². The first-order valence-corrected chi connectivity index (χ1v) is 6.77. The Morgan fingerprint density at radius 3 is 2.86 bits per heavy atom. The zero-order valence-electron chi connectivity index (χ0n) is 11.6. The van der Waals surface area contributed by atoms with Crippen LogP contribution in [0.25, 0.3) is 10.9 Å². The Morgan fingerprint density at radius 1 is 1.14 bits per heavy atom. The highest BCUT2D eigenvalue weighted by atomic mass is 19.1. The molecule has 1 heterocycles. The van der Waals surface area contributed by atoms with E-state index in [1.54, 1.807) is 18.3 Å². The van der Waals surface area contributed by atoms with Gasteiger partial charge in [0.1, 0.15) is 5.82 Å². The molecule has 0 spiro atoms. The summed E-state index contributed by atoms with van der Waals surface area (Å²) in [5.74, 6) is -0.342. The monoisotopic (exact) mass is 279 g/mol. The van der Waals surface area contributed by atoms with E-state index in [4.69, 9.17) is 0 Å². The highest BCUT2D eigenvalue weighted by Gasteiger charge is 2.12. The molecule has 2 nitrogen and oxygen atoms in total. The predicted octanol–water partition coefficient (Wildman–Crippen LogP) is 4.11. The summed E-state index contributed by atoms with van der Waals surface area (Å²) in [5, 5.41) is 0.832. The number of carbonyl (C=O) groups excluding carboxylic acids is 1. The van der Waals surface area contributed by atoms with E-state index in [0.717, 1.165) is 22.0 Å². The number of Topliss-reactive ketones (excluding diaryl/α,β-unsaturated/α-hetero) is 1. The number of carbonyl (C=O) groups is 1. The first-order chi connectivity index (χ1) is 10.1. The van der Waals surface area contributed by atoms with Crippen molar-refractivity contribution in [3.63, 3.8) is 0 Å². The van der Waals surface area contributed by atoms with Crippen LogP contribution in [0.1, 0.15) is 21.5 Å². The number of nitrogens with zero attached hydrogens (tertiary/aromatic N) is 1. The number of aromatic nitrogens is 1. The number of hydrogen-bond acceptors (Lipinski definition) is 2. The number of pyridine rings is 1. The summed E-state index contributed by atoms with van der Waals surface area (Å²) < 4.78 is 13.3. The van der Waals surface area contributed by atoms with Gasteiger partial charge in [0.05, 0.1) is 5.52 Å². The third-order valence-corrected chi connectivity index (χ3v) is 3.61. The van der Waals surface area contributed by atoms with Crippen molar-refractivity contribution in [2.45, 2.75) is 13.3 Å². The summed E-state index contributed by atoms with van der Waals surface area (Å²) in [6.45, 7) is 1.88. The molecule has 3 rings (SSSR count). The van der Waals surface area contributed by atoms with Crippen molar-refractivity contribution in [3.05, 3.63) is 77.2 Å². The zero-order valence-corrected chi connectivity index (χ0v) is 11.6. The van der Waals surface area contributed by atoms with Gasteiger partial charge in [-0.1, -0.05) is 24.3 Å². The molecule has 104 valence electrons. The van der Waals surface area contributed by atoms with Gasteiger partial charge in [-0.2, -0.15) is 0 Å². The van der Waals surface area contributed by atoms with Crippen molar-refractivity contribution in [3.8, 4) is 0 Å². The number of ketones is 1. The van der Waals surface area contributed by atoms with Crippen LogP contribution < -0.4 is 0 Å². The van der Waals surface area contributed by atoms with Gasteiger partial charge in [-0.05, 0) is 42.3 Å². The second-order valence-corrected chi connectivity index (χ2v) is 5.05. The fourth-order valence-corrected chi connectivity index (χ4v) is 2.45. The molecule has 0 saturated heterocycles. The summed E-state index contributed by atoms with van der Waals surface area (Å²) in [6.07, 6.45) is 1.89. The lowest BCUT2D eigenvalue weighted by molar-refractivity contribution is 0.0994. The Balaban J connectivity index is 1.99. The number of fused-ring (bicyclic) bond motifs is 1. The second-order valence-electron chi connectivity index (χ2n) is 5.05. The quantitative estimate of drug-likeness (QED) is 0.675. The van der Waals surface area contributed by atoms with E-state index in [1.807, 2.05) is 31.2 Å². The molecule has 2 aromatic carbocycles. The summed E-state index contributed by atoms with van der Waals surface area (Å²) in [7, 11) is 0. The van der Waals surface area contributed by atoms with Gasteiger partial charge >= 0.3 is 0 Å². The molecule has 0 bridgehead atoms. The molecule has 21 heavy (non-hydrogen) atoms. The normalized spacial score (nSPS) is 10.8. The smallest absolute Gasteiger partial charge is 0.167 e. The van der Waals surface area contributed by atoms with E-state index >= 15 is 0 Å². The Morgan fingerprint density at radius 2 is 2.00 bits per heavy atom. The van der Waals surface area contributed by atoms with E-state index in [-0.39, 0.29) is 18.0 Å². The van der Waals surface area contributed by atoms with Crippen molar-refractivity contribution in [1.82, 2.24) is 4.98 Å². The van der Waals surface area contributed by atoms with Crippen LogP contribution in [-0.2, 0) is 6.42 Å². The van der Waals surface area contributed by atoms with Gasteiger partial charge < -0.3 is 0 Å². The third-order valence-electron chi connectivity index (χ3n) is 3.61. The first kappa shape index (κ1) is 13.4. The molecule has 3 heteroatoms. The van der Waals surface area contributed by atoms with Crippen LogP contribution in [0.15, 0.2) is 54.7 Å². The van der Waals surface area contributed by atoms with Gasteiger partial charge in [0.2, 0.25) is 0 Å². The van der Waals surface area contributed by atoms with Crippen molar-refractivity contribution >= 4 is 16.7 Å². The van der Waals surface area contributed by atoms with Crippen molar-refractivity contribution in [2.75, 3.05) is 0 Å². The van der Waals surface area contributed by atoms with Gasteiger partial charge in [-0.15, -0.1) is 0 Å². The topological polar surface area (TPSA) is 30.0 Å². The largest absolute Gasteiger partial charge is 0.294 e. The Kier molecular flexibility index (Phi) is 3.48. The molecule has 3 aromatic rings. The average Bonchev–Trinajstić information content (AvgIpc) is 2.50. The molecule has 0 aliphatic rings. The fraction of sp³-hybridized carbons (Fsp3) is 0.111. The average molecular weight is 279 g/mol. The molecular weight excluding hydrogens is 265 g/mol. The fourth-order valence-electron chi connectivity index (χ4n) is 2.45. The van der Waals surface area contributed by atoms with Gasteiger partial charge in [0.25, 0.3) is 0 Å². The van der Waals surface area contributed by atoms with Crippen LogP contribution in [0, 0.1) is 12.7 Å². The summed E-state index contributed by atoms with van der Waals surface area (Å²) >= 11 is 0. The molecular formula is C18H14FNO. The van der Waals surface area contributed by atoms with Crippen molar-refractivity contribution in [1.29, 1.82) is 0 Å². The first-order valence-electron chi connectivity index (χ1n) is 6.77. The van der Waals surface area contributed by atoms with Crippen LogP contribution in [0.3, 0.4) is 0 Å². The lowest BCUT2D eigenvalue weighted by Gasteiger charge is -2.07. The minimum atomic E-state index is -0.317. The van der Waals surface area contributed by atoms with Crippen LogP contribution in [0.5, 0.6) is 0 Å². The molecule has 0 amide bonds.